The van der Waals surface area contributed by atoms with Gasteiger partial charge in [0.2, 0.25) is 29.5 Å². The molecule has 6 rings (SSSR count). The van der Waals surface area contributed by atoms with Crippen LogP contribution < -0.4 is 25.4 Å². The molecule has 3 amide bonds. The molecule has 11 atom stereocenters. The quantitative estimate of drug-likeness (QED) is 0.0984. The van der Waals surface area contributed by atoms with Crippen molar-refractivity contribution < 1.29 is 33.4 Å². The fraction of sp³-hybridized carbons (Fsp3) is 0.642. The van der Waals surface area contributed by atoms with Crippen LogP contribution in [0.4, 0.5) is 17.1 Å². The molecule has 13 heteroatoms. The van der Waals surface area contributed by atoms with Gasteiger partial charge in [-0.15, -0.1) is 0 Å². The summed E-state index contributed by atoms with van der Waals surface area (Å²) in [5.74, 6) is 3.60. The molecule has 0 spiro atoms. The number of hydrogen-bond donors (Lipinski definition) is 3. The number of esters is 1. The van der Waals surface area contributed by atoms with Crippen LogP contribution in [-0.2, 0) is 19.1 Å². The molecule has 3 aromatic heterocycles. The highest BCUT2D eigenvalue weighted by molar-refractivity contribution is 5.94. The van der Waals surface area contributed by atoms with E-state index in [2.05, 4.69) is 65.5 Å². The third-order valence-corrected chi connectivity index (χ3v) is 15.5. The van der Waals surface area contributed by atoms with Crippen LogP contribution in [0.25, 0.3) is 0 Å². The number of aromatic nitrogens is 3. The summed E-state index contributed by atoms with van der Waals surface area (Å²) < 4.78 is 15.5. The van der Waals surface area contributed by atoms with E-state index >= 15 is 0 Å². The minimum atomic E-state index is -0.515. The van der Waals surface area contributed by atoms with E-state index in [0.29, 0.717) is 76.9 Å². The van der Waals surface area contributed by atoms with Crippen molar-refractivity contribution in [3.8, 4) is 11.8 Å². The molecule has 66 heavy (non-hydrogen) atoms. The number of carbonyl (C=O) groups excluding carboxylic acids is 4. The monoisotopic (exact) mass is 909 g/mol. The summed E-state index contributed by atoms with van der Waals surface area (Å²) in [7, 11) is 2.90. The molecule has 3 aliphatic carbocycles. The lowest BCUT2D eigenvalue weighted by molar-refractivity contribution is -0.125. The van der Waals surface area contributed by atoms with Crippen LogP contribution in [-0.4, -0.2) is 59.5 Å². The first-order chi connectivity index (χ1) is 31.8. The lowest BCUT2D eigenvalue weighted by Gasteiger charge is -2.41. The summed E-state index contributed by atoms with van der Waals surface area (Å²) in [5.41, 5.74) is 2.13. The van der Waals surface area contributed by atoms with Gasteiger partial charge in [-0.05, 0) is 123 Å². The molecule has 3 heterocycles. The highest BCUT2D eigenvalue weighted by Crippen LogP contribution is 2.46. The lowest BCUT2D eigenvalue weighted by Crippen LogP contribution is -2.39. The van der Waals surface area contributed by atoms with Gasteiger partial charge < -0.3 is 30.2 Å². The van der Waals surface area contributed by atoms with E-state index in [1.54, 1.807) is 43.8 Å². The van der Waals surface area contributed by atoms with E-state index in [1.165, 1.54) is 13.3 Å². The second-order valence-electron chi connectivity index (χ2n) is 20.2. The highest BCUT2D eigenvalue weighted by atomic mass is 16.5. The molecule has 3 fully saturated rings. The summed E-state index contributed by atoms with van der Waals surface area (Å²) in [6.07, 6.45) is 17.8. The van der Waals surface area contributed by atoms with Crippen LogP contribution in [0.5, 0.6) is 11.8 Å². The first kappa shape index (κ1) is 50.3. The van der Waals surface area contributed by atoms with Crippen LogP contribution in [0.3, 0.4) is 0 Å². The van der Waals surface area contributed by atoms with Gasteiger partial charge in [-0.1, -0.05) is 79.6 Å². The number of rotatable bonds is 19. The predicted molar refractivity (Wildman–Crippen MR) is 258 cm³/mol. The van der Waals surface area contributed by atoms with Crippen molar-refractivity contribution >= 4 is 40.8 Å². The number of nitrogens with zero attached hydrogens (tertiary/aromatic N) is 3. The SMILES string of the molecule is CCOc1ccc(NC(=O)[C@@H]2C[C@H](CCC(C)[C@@H]3CC[C@@H](C)C[C@H]3C(=O)Nc3ccc(OC)nc3)CC[C@H]2C(C)CC[C@@H]2CC[C@@H](C(C)C)[C@H](C(=O)Nc3ccc(C(=O)OC)nc3)C2)cn1. The van der Waals surface area contributed by atoms with Gasteiger partial charge in [-0.2, -0.15) is 0 Å². The zero-order valence-electron chi connectivity index (χ0n) is 40.7. The van der Waals surface area contributed by atoms with Crippen molar-refractivity contribution in [2.24, 2.45) is 71.0 Å². The fourth-order valence-corrected chi connectivity index (χ4v) is 11.6. The number of methoxy groups -OCH3 is 2. The van der Waals surface area contributed by atoms with Crippen molar-refractivity contribution in [3.05, 3.63) is 60.7 Å². The van der Waals surface area contributed by atoms with Crippen LogP contribution in [0, 0.1) is 71.0 Å². The Hall–Kier alpha value is -5.07. The van der Waals surface area contributed by atoms with Crippen LogP contribution in [0.1, 0.15) is 136 Å². The van der Waals surface area contributed by atoms with E-state index in [9.17, 15) is 19.2 Å². The van der Waals surface area contributed by atoms with Gasteiger partial charge in [0.15, 0.2) is 0 Å². The predicted octanol–water partition coefficient (Wildman–Crippen LogP) is 10.9. The van der Waals surface area contributed by atoms with Gasteiger partial charge in [0.1, 0.15) is 5.69 Å². The van der Waals surface area contributed by atoms with E-state index in [4.69, 9.17) is 14.2 Å². The van der Waals surface area contributed by atoms with Gasteiger partial charge in [0.25, 0.3) is 0 Å². The average molecular weight is 909 g/mol. The Balaban J connectivity index is 1.09. The molecule has 3 N–H and O–H groups in total. The summed E-state index contributed by atoms with van der Waals surface area (Å²) in [4.78, 5) is 66.8. The Morgan fingerprint density at radius 3 is 1.53 bits per heavy atom. The molecule has 0 aliphatic heterocycles. The minimum absolute atomic E-state index is 0.00941. The zero-order chi connectivity index (χ0) is 47.3. The van der Waals surface area contributed by atoms with Crippen molar-refractivity contribution in [2.75, 3.05) is 36.8 Å². The van der Waals surface area contributed by atoms with Gasteiger partial charge in [-0.3, -0.25) is 14.4 Å². The summed E-state index contributed by atoms with van der Waals surface area (Å²) in [6.45, 7) is 13.8. The highest BCUT2D eigenvalue weighted by Gasteiger charge is 2.41. The normalized spacial score (nSPS) is 26.3. The Kier molecular flexibility index (Phi) is 18.4. The van der Waals surface area contributed by atoms with E-state index in [0.717, 1.165) is 83.5 Å². The molecule has 0 bridgehead atoms. The second kappa shape index (κ2) is 24.1. The Labute approximate surface area is 393 Å². The maximum Gasteiger partial charge on any atom is 0.356 e. The average Bonchev–Trinajstić information content (AvgIpc) is 3.33. The number of anilines is 3. The number of ether oxygens (including phenoxy) is 3. The van der Waals surface area contributed by atoms with E-state index in [1.807, 2.05) is 19.1 Å². The summed E-state index contributed by atoms with van der Waals surface area (Å²) in [6, 6.07) is 10.6. The van der Waals surface area contributed by atoms with Gasteiger partial charge >= 0.3 is 5.97 Å². The number of carbonyl (C=O) groups is 4. The molecule has 360 valence electrons. The number of nitrogens with one attached hydrogen (secondary N) is 3. The Morgan fingerprint density at radius 1 is 0.606 bits per heavy atom. The smallest absolute Gasteiger partial charge is 0.356 e. The maximum atomic E-state index is 14.4. The maximum absolute atomic E-state index is 14.4. The first-order valence-corrected chi connectivity index (χ1v) is 24.8. The van der Waals surface area contributed by atoms with E-state index < -0.39 is 5.97 Å². The van der Waals surface area contributed by atoms with Crippen LogP contribution >= 0.6 is 0 Å². The molecule has 3 aromatic rings. The number of hydrogen-bond acceptors (Lipinski definition) is 10. The van der Waals surface area contributed by atoms with Crippen molar-refractivity contribution in [3.63, 3.8) is 0 Å². The molecule has 0 aromatic carbocycles. The number of amides is 3. The van der Waals surface area contributed by atoms with Crippen molar-refractivity contribution in [1.29, 1.82) is 0 Å². The number of pyridine rings is 3. The molecular formula is C53H76N6O7. The Morgan fingerprint density at radius 2 is 1.08 bits per heavy atom. The molecular weight excluding hydrogens is 833 g/mol. The van der Waals surface area contributed by atoms with Crippen LogP contribution in [0.15, 0.2) is 55.0 Å². The topological polar surface area (TPSA) is 171 Å². The van der Waals surface area contributed by atoms with Gasteiger partial charge in [0, 0.05) is 29.9 Å². The molecule has 3 aliphatic rings. The minimum Gasteiger partial charge on any atom is -0.481 e. The standard InChI is InChI=1S/C53H76N6O7/c1-9-66-49-25-19-40(31-56-49)59-52(62)46-28-37(14-11-34(5)42-20-10-33(4)26-44(42)50(60)58-39-18-24-48(64-7)55-30-39)16-22-43(46)35(6)12-13-36-15-21-41(32(2)3)45(27-36)51(61)57-38-17-23-47(54-29-38)53(63)65-8/h17-19,23-25,29-37,41-46H,9-16,20-22,26-28H2,1-8H3,(H,57,61)(H,58,60)(H,59,62)/t33-,34?,35?,36-,37-,41+,42+,43+,44-,45-,46-/m1/s1. The third-order valence-electron chi connectivity index (χ3n) is 15.5. The summed E-state index contributed by atoms with van der Waals surface area (Å²) >= 11 is 0. The lowest BCUT2D eigenvalue weighted by atomic mass is 9.64. The van der Waals surface area contributed by atoms with E-state index in [-0.39, 0.29) is 53.0 Å². The molecule has 13 nitrogen and oxygen atoms in total. The molecule has 0 radical (unpaired) electrons. The van der Waals surface area contributed by atoms with Gasteiger partial charge in [-0.25, -0.2) is 19.7 Å². The van der Waals surface area contributed by atoms with Gasteiger partial charge in [0.05, 0.1) is 56.5 Å². The Bertz CT molecular complexity index is 2030. The molecule has 0 saturated heterocycles. The first-order valence-electron chi connectivity index (χ1n) is 24.8. The third kappa shape index (κ3) is 13.5. The van der Waals surface area contributed by atoms with Crippen LogP contribution in [0.2, 0.25) is 0 Å². The summed E-state index contributed by atoms with van der Waals surface area (Å²) in [5, 5.41) is 9.48. The zero-order valence-corrected chi connectivity index (χ0v) is 40.7. The molecule has 2 unspecified atom stereocenters. The van der Waals surface area contributed by atoms with Crippen molar-refractivity contribution in [1.82, 2.24) is 15.0 Å². The fourth-order valence-electron chi connectivity index (χ4n) is 11.6. The second-order valence-corrected chi connectivity index (χ2v) is 20.2. The molecule has 3 saturated carbocycles. The van der Waals surface area contributed by atoms with Crippen molar-refractivity contribution in [2.45, 2.75) is 125 Å². The largest absolute Gasteiger partial charge is 0.481 e.